The van der Waals surface area contributed by atoms with Crippen molar-refractivity contribution in [2.45, 2.75) is 57.4 Å². The highest BCUT2D eigenvalue weighted by Gasteiger charge is 2.55. The van der Waals surface area contributed by atoms with Gasteiger partial charge in [0.25, 0.3) is 5.91 Å². The van der Waals surface area contributed by atoms with E-state index < -0.39 is 5.41 Å². The number of pyridine rings is 1. The van der Waals surface area contributed by atoms with Crippen LogP contribution in [0.1, 0.15) is 60.6 Å². The van der Waals surface area contributed by atoms with Gasteiger partial charge in [-0.05, 0) is 69.6 Å². The minimum Gasteiger partial charge on any atom is -0.450 e. The van der Waals surface area contributed by atoms with Crippen LogP contribution in [0.3, 0.4) is 0 Å². The fourth-order valence-corrected chi connectivity index (χ4v) is 6.26. The lowest BCUT2D eigenvalue weighted by molar-refractivity contribution is -0.122. The Hall–Kier alpha value is -3.13. The van der Waals surface area contributed by atoms with Crippen molar-refractivity contribution in [2.24, 2.45) is 5.92 Å². The highest BCUT2D eigenvalue weighted by Crippen LogP contribution is 2.48. The number of rotatable bonds is 5. The normalized spacial score (nSPS) is 24.9. The largest absolute Gasteiger partial charge is 0.450 e. The van der Waals surface area contributed by atoms with Gasteiger partial charge in [-0.3, -0.25) is 14.6 Å². The van der Waals surface area contributed by atoms with Crippen LogP contribution >= 0.6 is 11.6 Å². The standard InChI is InChI=1S/C28H33ClN4O4/c1-3-37-27(36)32-13-12-28(17-32)23-6-4-5-7-24(23)33(26(28)35)16-19-8-10-21(11-9-19)31-25(34)22-14-20(29)15-30-18(22)2/h4-7,14-15,19,21H,3,8-13,16-17H2,1-2H3,(H,31,34)/t19-,21-,28?. The summed E-state index contributed by atoms with van der Waals surface area (Å²) in [5.41, 5.74) is 2.43. The maximum absolute atomic E-state index is 13.9. The zero-order valence-corrected chi connectivity index (χ0v) is 22.1. The molecular formula is C28H33ClN4O4. The zero-order valence-electron chi connectivity index (χ0n) is 21.3. The summed E-state index contributed by atoms with van der Waals surface area (Å²) in [5.74, 6) is 0.284. The highest BCUT2D eigenvalue weighted by molar-refractivity contribution is 6.30. The van der Waals surface area contributed by atoms with Gasteiger partial charge in [0.15, 0.2) is 0 Å². The number of fused-ring (bicyclic) bond motifs is 2. The SMILES string of the molecule is CCOC(=O)N1CCC2(C1)C(=O)N(C[C@H]1CC[C@H](NC(=O)c3cc(Cl)cnc3C)CC1)c1ccccc12. The summed E-state index contributed by atoms with van der Waals surface area (Å²) in [6, 6.07) is 9.72. The third-order valence-electron chi connectivity index (χ3n) is 8.08. The number of nitrogens with one attached hydrogen (secondary N) is 1. The molecule has 1 unspecified atom stereocenters. The van der Waals surface area contributed by atoms with E-state index in [1.807, 2.05) is 29.2 Å². The summed E-state index contributed by atoms with van der Waals surface area (Å²) in [6.07, 6.45) is 5.35. The van der Waals surface area contributed by atoms with Gasteiger partial charge >= 0.3 is 6.09 Å². The van der Waals surface area contributed by atoms with Crippen molar-refractivity contribution in [3.05, 3.63) is 58.4 Å². The molecule has 1 N–H and O–H groups in total. The van der Waals surface area contributed by atoms with Crippen LogP contribution in [0.25, 0.3) is 0 Å². The topological polar surface area (TPSA) is 91.8 Å². The first-order valence-corrected chi connectivity index (χ1v) is 13.5. The average molecular weight is 525 g/mol. The molecule has 3 aliphatic rings. The lowest BCUT2D eigenvalue weighted by Crippen LogP contribution is -2.45. The van der Waals surface area contributed by atoms with Gasteiger partial charge < -0.3 is 19.9 Å². The third-order valence-corrected chi connectivity index (χ3v) is 8.29. The first kappa shape index (κ1) is 25.5. The molecule has 1 aliphatic carbocycles. The molecular weight excluding hydrogens is 492 g/mol. The Kier molecular flexibility index (Phi) is 7.12. The zero-order chi connectivity index (χ0) is 26.2. The second-order valence-corrected chi connectivity index (χ2v) is 10.8. The number of halogens is 1. The number of benzene rings is 1. The third kappa shape index (κ3) is 4.79. The molecule has 2 aliphatic heterocycles. The Balaban J connectivity index is 1.23. The van der Waals surface area contributed by atoms with Crippen LogP contribution in [0.5, 0.6) is 0 Å². The molecule has 0 radical (unpaired) electrons. The van der Waals surface area contributed by atoms with Gasteiger partial charge in [-0.25, -0.2) is 4.79 Å². The monoisotopic (exact) mass is 524 g/mol. The van der Waals surface area contributed by atoms with Gasteiger partial charge in [-0.1, -0.05) is 29.8 Å². The summed E-state index contributed by atoms with van der Waals surface area (Å²) in [5, 5.41) is 3.58. The van der Waals surface area contributed by atoms with Crippen LogP contribution in [-0.2, 0) is 14.9 Å². The number of aryl methyl sites for hydroxylation is 1. The number of hydrogen-bond donors (Lipinski definition) is 1. The number of carbonyl (C=O) groups is 3. The van der Waals surface area contributed by atoms with E-state index in [1.54, 1.807) is 31.0 Å². The van der Waals surface area contributed by atoms with Crippen LogP contribution in [0.15, 0.2) is 36.5 Å². The lowest BCUT2D eigenvalue weighted by Gasteiger charge is -2.32. The van der Waals surface area contributed by atoms with E-state index in [9.17, 15) is 14.4 Å². The van der Waals surface area contributed by atoms with E-state index in [1.165, 1.54) is 0 Å². The number of nitrogens with zero attached hydrogens (tertiary/aromatic N) is 3. The molecule has 1 saturated carbocycles. The number of ether oxygens (including phenoxy) is 1. The second-order valence-electron chi connectivity index (χ2n) is 10.4. The Morgan fingerprint density at radius 2 is 1.97 bits per heavy atom. The van der Waals surface area contributed by atoms with Crippen molar-refractivity contribution in [1.29, 1.82) is 0 Å². The summed E-state index contributed by atoms with van der Waals surface area (Å²) >= 11 is 6.03. The maximum Gasteiger partial charge on any atom is 0.409 e. The molecule has 2 aromatic rings. The van der Waals surface area contributed by atoms with Crippen molar-refractivity contribution in [3.8, 4) is 0 Å². The van der Waals surface area contributed by atoms with E-state index in [0.717, 1.165) is 36.9 Å². The van der Waals surface area contributed by atoms with Gasteiger partial charge in [-0.15, -0.1) is 0 Å². The van der Waals surface area contributed by atoms with Gasteiger partial charge in [0.05, 0.1) is 28.3 Å². The first-order valence-electron chi connectivity index (χ1n) is 13.1. The molecule has 196 valence electrons. The predicted molar refractivity (Wildman–Crippen MR) is 141 cm³/mol. The maximum atomic E-state index is 13.9. The number of para-hydroxylation sites is 1. The fourth-order valence-electron chi connectivity index (χ4n) is 6.10. The Morgan fingerprint density at radius 3 is 2.73 bits per heavy atom. The van der Waals surface area contributed by atoms with Crippen LogP contribution in [0, 0.1) is 12.8 Å². The quantitative estimate of drug-likeness (QED) is 0.622. The van der Waals surface area contributed by atoms with E-state index in [4.69, 9.17) is 16.3 Å². The Labute approximate surface area is 222 Å². The van der Waals surface area contributed by atoms with Crippen LogP contribution in [0.2, 0.25) is 5.02 Å². The molecule has 9 heteroatoms. The van der Waals surface area contributed by atoms with E-state index in [-0.39, 0.29) is 23.9 Å². The molecule has 8 nitrogen and oxygen atoms in total. The van der Waals surface area contributed by atoms with E-state index >= 15 is 0 Å². The molecule has 1 atom stereocenters. The summed E-state index contributed by atoms with van der Waals surface area (Å²) in [4.78, 5) is 46.8. The number of anilines is 1. The van der Waals surface area contributed by atoms with Crippen molar-refractivity contribution < 1.29 is 19.1 Å². The predicted octanol–water partition coefficient (Wildman–Crippen LogP) is 4.48. The molecule has 5 rings (SSSR count). The summed E-state index contributed by atoms with van der Waals surface area (Å²) in [7, 11) is 0. The molecule has 1 saturated heterocycles. The van der Waals surface area contributed by atoms with Gasteiger partial charge in [0.2, 0.25) is 5.91 Å². The molecule has 0 bridgehead atoms. The van der Waals surface area contributed by atoms with E-state index in [0.29, 0.717) is 54.9 Å². The molecule has 1 aromatic carbocycles. The van der Waals surface area contributed by atoms with Crippen LogP contribution < -0.4 is 10.2 Å². The average Bonchev–Trinajstić information content (AvgIpc) is 3.44. The fraction of sp³-hybridized carbons (Fsp3) is 0.500. The molecule has 1 aromatic heterocycles. The summed E-state index contributed by atoms with van der Waals surface area (Å²) < 4.78 is 5.20. The van der Waals surface area contributed by atoms with Gasteiger partial charge in [-0.2, -0.15) is 0 Å². The number of likely N-dealkylation sites (tertiary alicyclic amines) is 1. The van der Waals surface area contributed by atoms with E-state index in [2.05, 4.69) is 10.3 Å². The number of amides is 3. The number of carbonyl (C=O) groups excluding carboxylic acids is 3. The molecule has 3 heterocycles. The molecule has 37 heavy (non-hydrogen) atoms. The number of hydrogen-bond acceptors (Lipinski definition) is 5. The lowest BCUT2D eigenvalue weighted by atomic mass is 9.81. The van der Waals surface area contributed by atoms with Crippen molar-refractivity contribution >= 4 is 35.2 Å². The molecule has 1 spiro atoms. The van der Waals surface area contributed by atoms with Crippen LogP contribution in [0.4, 0.5) is 10.5 Å². The first-order chi connectivity index (χ1) is 17.8. The molecule has 3 amide bonds. The highest BCUT2D eigenvalue weighted by atomic mass is 35.5. The minimum atomic E-state index is -0.697. The van der Waals surface area contributed by atoms with Crippen molar-refractivity contribution in [1.82, 2.24) is 15.2 Å². The van der Waals surface area contributed by atoms with Crippen molar-refractivity contribution in [2.75, 3.05) is 31.1 Å². The number of aromatic nitrogens is 1. The van der Waals surface area contributed by atoms with Gasteiger partial charge in [0, 0.05) is 37.6 Å². The summed E-state index contributed by atoms with van der Waals surface area (Å²) in [6.45, 7) is 5.42. The minimum absolute atomic E-state index is 0.0832. The second kappa shape index (κ2) is 10.3. The van der Waals surface area contributed by atoms with Crippen LogP contribution in [-0.4, -0.2) is 60.1 Å². The molecule has 2 fully saturated rings. The van der Waals surface area contributed by atoms with Crippen molar-refractivity contribution in [3.63, 3.8) is 0 Å². The smallest absolute Gasteiger partial charge is 0.409 e. The Morgan fingerprint density at radius 1 is 1.22 bits per heavy atom. The van der Waals surface area contributed by atoms with Gasteiger partial charge in [0.1, 0.15) is 0 Å². The Bertz CT molecular complexity index is 1210.